The number of carbonyl (C=O) groups excluding carboxylic acids is 3. The van der Waals surface area contributed by atoms with Gasteiger partial charge in [0.05, 0.1) is 30.5 Å². The first kappa shape index (κ1) is 39.7. The van der Waals surface area contributed by atoms with Crippen molar-refractivity contribution >= 4 is 18.0 Å². The molecule has 0 bridgehead atoms. The summed E-state index contributed by atoms with van der Waals surface area (Å²) < 4.78 is 37.3. The number of fused-ring (bicyclic) bond motifs is 3. The molecule has 5 rings (SSSR count). The highest BCUT2D eigenvalue weighted by atomic mass is 16.7. The Morgan fingerprint density at radius 2 is 1.76 bits per heavy atom. The van der Waals surface area contributed by atoms with Gasteiger partial charge in [-0.2, -0.15) is 0 Å². The molecule has 2 unspecified atom stereocenters. The van der Waals surface area contributed by atoms with Crippen LogP contribution in [0.2, 0.25) is 0 Å². The van der Waals surface area contributed by atoms with E-state index >= 15 is 0 Å². The zero-order valence-electron chi connectivity index (χ0n) is 32.5. The molecule has 0 aromatic rings. The summed E-state index contributed by atoms with van der Waals surface area (Å²) in [5.41, 5.74) is -3.11. The molecule has 12 nitrogen and oxygen atoms in total. The monoisotopic (exact) mass is 719 g/mol. The number of nitrogens with one attached hydrogen (secondary N) is 1. The molecular formula is C39H61NO11. The van der Waals surface area contributed by atoms with Crippen LogP contribution in [0.4, 0.5) is 4.79 Å². The highest BCUT2D eigenvalue weighted by molar-refractivity contribution is 5.77. The predicted octanol–water partition coefficient (Wildman–Crippen LogP) is 4.98. The van der Waals surface area contributed by atoms with Gasteiger partial charge in [0.15, 0.2) is 18.0 Å². The zero-order valence-corrected chi connectivity index (χ0v) is 32.5. The van der Waals surface area contributed by atoms with Gasteiger partial charge in [0.2, 0.25) is 0 Å². The third kappa shape index (κ3) is 6.44. The number of hydrogen-bond donors (Lipinski definition) is 3. The van der Waals surface area contributed by atoms with Gasteiger partial charge in [-0.25, -0.2) is 9.59 Å². The predicted molar refractivity (Wildman–Crippen MR) is 187 cm³/mol. The van der Waals surface area contributed by atoms with Crippen LogP contribution in [0.5, 0.6) is 0 Å². The van der Waals surface area contributed by atoms with E-state index in [4.69, 9.17) is 28.4 Å². The number of alkyl carbamates (subject to hydrolysis) is 1. The Morgan fingerprint density at radius 1 is 1.12 bits per heavy atom. The van der Waals surface area contributed by atoms with Gasteiger partial charge in [0.25, 0.3) is 0 Å². The summed E-state index contributed by atoms with van der Waals surface area (Å²) in [7, 11) is 0. The summed E-state index contributed by atoms with van der Waals surface area (Å²) in [4.78, 5) is 39.4. The molecule has 4 fully saturated rings. The van der Waals surface area contributed by atoms with E-state index in [0.29, 0.717) is 12.8 Å². The highest BCUT2D eigenvalue weighted by Crippen LogP contribution is 2.71. The average Bonchev–Trinajstić information content (AvgIpc) is 3.25. The fourth-order valence-electron chi connectivity index (χ4n) is 10.9. The van der Waals surface area contributed by atoms with Crippen molar-refractivity contribution in [2.45, 2.75) is 162 Å². The molecule has 288 valence electrons. The van der Waals surface area contributed by atoms with Crippen LogP contribution in [0, 0.1) is 34.5 Å². The summed E-state index contributed by atoms with van der Waals surface area (Å²) in [5.74, 6) is -2.33. The molecule has 0 aromatic heterocycles. The molecule has 12 heteroatoms. The number of carbonyl (C=O) groups is 3. The van der Waals surface area contributed by atoms with Crippen LogP contribution >= 0.6 is 0 Å². The van der Waals surface area contributed by atoms with Crippen molar-refractivity contribution in [2.75, 3.05) is 6.61 Å². The Hall–Kier alpha value is -2.51. The van der Waals surface area contributed by atoms with Gasteiger partial charge in [-0.1, -0.05) is 46.8 Å². The van der Waals surface area contributed by atoms with Crippen molar-refractivity contribution in [3.63, 3.8) is 0 Å². The molecule has 3 aliphatic carbocycles. The minimum Gasteiger partial charge on any atom is -0.456 e. The number of hydrogen-bond acceptors (Lipinski definition) is 11. The molecule has 51 heavy (non-hydrogen) atoms. The topological polar surface area (TPSA) is 159 Å². The molecule has 2 saturated carbocycles. The standard InChI is InChI=1S/C39H61NO11/c1-14-28-48-26-16-27-39(18-46-27,50-23(7)41)31-22(6)38(36(11,12)45)17-25(20(4)29(38)21(5)32(49-28)37(26,31)13)47-33(43)30(42)24(15-19(2)3)40-34(44)51-35(8,9)10/h14,19,21-22,24-28,30-32,42,45H,1,15-18H2,2-13H3,(H,40,44)/t21-,22-,24-,25?,26-,27+,28?,30+,31-,32-,37+,38+,39-/m0/s1. The van der Waals surface area contributed by atoms with Crippen molar-refractivity contribution in [1.82, 2.24) is 5.32 Å². The SMILES string of the molecule is C=CC1O[C@H]2C[C@H]3OC[C@@]3(OC(C)=O)[C@H]3[C@H](C)[C@]4(C(C)(C)O)CC(OC(=O)[C@H](O)[C@H](CC(C)C)NC(=O)OC(C)(C)C)C(C)=C4[C@H](C)[C@H](O1)[C@]23C. The summed E-state index contributed by atoms with van der Waals surface area (Å²) in [6.45, 7) is 26.4. The number of rotatable bonds is 9. The molecular weight excluding hydrogens is 658 g/mol. The number of ether oxygens (including phenoxy) is 6. The fourth-order valence-corrected chi connectivity index (χ4v) is 10.9. The van der Waals surface area contributed by atoms with Crippen LogP contribution in [-0.4, -0.2) is 94.5 Å². The lowest BCUT2D eigenvalue weighted by molar-refractivity contribution is -0.387. The first-order valence-corrected chi connectivity index (χ1v) is 18.5. The van der Waals surface area contributed by atoms with E-state index < -0.39 is 88.3 Å². The Balaban J connectivity index is 1.58. The van der Waals surface area contributed by atoms with Crippen LogP contribution in [-0.2, 0) is 38.0 Å². The average molecular weight is 720 g/mol. The lowest BCUT2D eigenvalue weighted by Crippen LogP contribution is -2.78. The van der Waals surface area contributed by atoms with E-state index in [2.05, 4.69) is 32.7 Å². The van der Waals surface area contributed by atoms with Gasteiger partial charge < -0.3 is 44.0 Å². The number of amides is 1. The third-order valence-electron chi connectivity index (χ3n) is 12.6. The summed E-state index contributed by atoms with van der Waals surface area (Å²) >= 11 is 0. The second kappa shape index (κ2) is 13.4. The van der Waals surface area contributed by atoms with Gasteiger partial charge >= 0.3 is 18.0 Å². The van der Waals surface area contributed by atoms with Crippen LogP contribution in [0.3, 0.4) is 0 Å². The van der Waals surface area contributed by atoms with E-state index in [1.54, 1.807) is 40.7 Å². The molecule has 13 atom stereocenters. The maximum Gasteiger partial charge on any atom is 0.407 e. The van der Waals surface area contributed by atoms with Gasteiger partial charge in [-0.05, 0) is 71.4 Å². The number of esters is 2. The van der Waals surface area contributed by atoms with Crippen molar-refractivity contribution in [1.29, 1.82) is 0 Å². The van der Waals surface area contributed by atoms with Crippen LogP contribution in [0.25, 0.3) is 0 Å². The van der Waals surface area contributed by atoms with E-state index in [1.165, 1.54) is 6.92 Å². The second-order valence-electron chi connectivity index (χ2n) is 17.9. The minimum absolute atomic E-state index is 0.0332. The highest BCUT2D eigenvalue weighted by Gasteiger charge is 2.78. The second-order valence-corrected chi connectivity index (χ2v) is 17.9. The van der Waals surface area contributed by atoms with Crippen LogP contribution in [0.15, 0.2) is 23.8 Å². The maximum atomic E-state index is 13.9. The molecule has 5 aliphatic rings. The molecule has 0 radical (unpaired) electrons. The van der Waals surface area contributed by atoms with Gasteiger partial charge in [0, 0.05) is 42.4 Å². The Bertz CT molecular complexity index is 1430. The summed E-state index contributed by atoms with van der Waals surface area (Å²) in [6.07, 6.45) is -2.45. The minimum atomic E-state index is -1.68. The van der Waals surface area contributed by atoms with Crippen LogP contribution in [0.1, 0.15) is 102 Å². The van der Waals surface area contributed by atoms with Crippen LogP contribution < -0.4 is 5.32 Å². The lowest BCUT2D eigenvalue weighted by atomic mass is 9.47. The molecule has 0 aromatic carbocycles. The molecule has 2 saturated heterocycles. The first-order valence-electron chi connectivity index (χ1n) is 18.5. The van der Waals surface area contributed by atoms with Crippen molar-refractivity contribution in [2.24, 2.45) is 34.5 Å². The van der Waals surface area contributed by atoms with E-state index in [-0.39, 0.29) is 36.9 Å². The van der Waals surface area contributed by atoms with Gasteiger partial charge in [-0.15, -0.1) is 0 Å². The molecule has 2 aliphatic heterocycles. The Labute approximate surface area is 303 Å². The van der Waals surface area contributed by atoms with Gasteiger partial charge in [-0.3, -0.25) is 4.79 Å². The molecule has 2 heterocycles. The van der Waals surface area contributed by atoms with E-state index in [1.807, 2.05) is 20.8 Å². The van der Waals surface area contributed by atoms with E-state index in [0.717, 1.165) is 11.1 Å². The first-order chi connectivity index (χ1) is 23.4. The maximum absolute atomic E-state index is 13.9. The largest absolute Gasteiger partial charge is 0.456 e. The molecule has 0 spiro atoms. The van der Waals surface area contributed by atoms with Gasteiger partial charge in [0.1, 0.15) is 17.8 Å². The Kier molecular flexibility index (Phi) is 10.4. The fraction of sp³-hybridized carbons (Fsp3) is 0.821. The smallest absolute Gasteiger partial charge is 0.407 e. The quantitative estimate of drug-likeness (QED) is 0.168. The van der Waals surface area contributed by atoms with Crippen molar-refractivity contribution in [3.8, 4) is 0 Å². The normalized spacial score (nSPS) is 40.1. The van der Waals surface area contributed by atoms with Crippen molar-refractivity contribution in [3.05, 3.63) is 23.8 Å². The van der Waals surface area contributed by atoms with E-state index in [9.17, 15) is 24.6 Å². The third-order valence-corrected chi connectivity index (χ3v) is 12.6. The summed E-state index contributed by atoms with van der Waals surface area (Å²) in [6, 6.07) is -0.959. The Morgan fingerprint density at radius 3 is 2.27 bits per heavy atom. The summed E-state index contributed by atoms with van der Waals surface area (Å²) in [5, 5.41) is 26.5. The molecule has 3 N–H and O–H groups in total. The zero-order chi connectivity index (χ0) is 38.2. The number of aliphatic hydroxyl groups excluding tert-OH is 1. The molecule has 1 amide bonds. The number of aliphatic hydroxyl groups is 2. The lowest BCUT2D eigenvalue weighted by Gasteiger charge is -2.68. The van der Waals surface area contributed by atoms with Crippen molar-refractivity contribution < 1.29 is 53.0 Å².